The molecule has 1 aromatic rings. The van der Waals surface area contributed by atoms with Crippen LogP contribution in [0.15, 0.2) is 24.3 Å². The Labute approximate surface area is 179 Å². The lowest BCUT2D eigenvalue weighted by molar-refractivity contribution is -0.139. The van der Waals surface area contributed by atoms with Crippen LogP contribution in [-0.2, 0) is 4.79 Å². The molecule has 0 aliphatic carbocycles. The Balaban J connectivity index is 1.62. The van der Waals surface area contributed by atoms with Crippen molar-refractivity contribution in [3.63, 3.8) is 0 Å². The summed E-state index contributed by atoms with van der Waals surface area (Å²) in [5.74, 6) is -0.114. The van der Waals surface area contributed by atoms with Crippen LogP contribution in [0.2, 0.25) is 0 Å². The lowest BCUT2D eigenvalue weighted by atomic mass is 9.96. The zero-order valence-corrected chi connectivity index (χ0v) is 18.2. The number of nitrogens with zero attached hydrogens (tertiary/aromatic N) is 2. The minimum absolute atomic E-state index is 0.0498. The zero-order chi connectivity index (χ0) is 21.5. The lowest BCUT2D eigenvalue weighted by Gasteiger charge is -2.43. The number of likely N-dealkylation sites (tertiary alicyclic amines) is 1. The summed E-state index contributed by atoms with van der Waals surface area (Å²) in [6.07, 6.45) is 4.47. The first-order chi connectivity index (χ1) is 14.4. The van der Waals surface area contributed by atoms with E-state index in [-0.39, 0.29) is 18.6 Å². The fourth-order valence-electron chi connectivity index (χ4n) is 4.53. The molecule has 0 saturated carbocycles. The van der Waals surface area contributed by atoms with E-state index < -0.39 is 5.97 Å². The fourth-order valence-corrected chi connectivity index (χ4v) is 4.53. The smallest absolute Gasteiger partial charge is 0.341 e. The number of carbonyl (C=O) groups excluding carboxylic acids is 1. The van der Waals surface area contributed by atoms with Crippen LogP contribution < -0.4 is 10.1 Å². The van der Waals surface area contributed by atoms with Gasteiger partial charge in [0, 0.05) is 37.3 Å². The van der Waals surface area contributed by atoms with Gasteiger partial charge in [-0.2, -0.15) is 0 Å². The number of ether oxygens (including phenoxy) is 1. The van der Waals surface area contributed by atoms with Gasteiger partial charge in [-0.1, -0.05) is 13.8 Å². The molecule has 166 valence electrons. The molecule has 0 unspecified atom stereocenters. The Morgan fingerprint density at radius 3 is 2.33 bits per heavy atom. The van der Waals surface area contributed by atoms with E-state index in [1.165, 1.54) is 12.8 Å². The highest BCUT2D eigenvalue weighted by atomic mass is 16.5. The largest absolute Gasteiger partial charge is 0.482 e. The van der Waals surface area contributed by atoms with Gasteiger partial charge in [0.15, 0.2) is 6.61 Å². The second kappa shape index (κ2) is 10.8. The third-order valence-electron chi connectivity index (χ3n) is 6.05. The van der Waals surface area contributed by atoms with Gasteiger partial charge in [-0.05, 0) is 69.0 Å². The van der Waals surface area contributed by atoms with Gasteiger partial charge in [-0.25, -0.2) is 4.79 Å². The number of carboxylic acids is 1. The molecule has 2 N–H and O–H groups in total. The summed E-state index contributed by atoms with van der Waals surface area (Å²) in [5.41, 5.74) is 0.624. The predicted octanol–water partition coefficient (Wildman–Crippen LogP) is 2.46. The standard InChI is InChI=1S/C23H35N3O4/c1-17(2)15-26(20-9-13-25(14-10-20)19-7-11-24-12-8-19)23(29)18-3-5-21(6-4-18)30-16-22(27)28/h3-6,17,19-20,24H,7-16H2,1-2H3,(H,27,28). The molecule has 0 bridgehead atoms. The summed E-state index contributed by atoms with van der Waals surface area (Å²) in [5, 5.41) is 12.2. The molecule has 2 fully saturated rings. The van der Waals surface area contributed by atoms with E-state index in [1.807, 2.05) is 0 Å². The molecule has 7 heteroatoms. The molecule has 0 radical (unpaired) electrons. The quantitative estimate of drug-likeness (QED) is 0.676. The minimum atomic E-state index is -1.02. The second-order valence-electron chi connectivity index (χ2n) is 8.81. The molecular weight excluding hydrogens is 382 g/mol. The van der Waals surface area contributed by atoms with Crippen molar-refractivity contribution < 1.29 is 19.4 Å². The lowest BCUT2D eigenvalue weighted by Crippen LogP contribution is -2.52. The van der Waals surface area contributed by atoms with E-state index in [2.05, 4.69) is 29.0 Å². The fraction of sp³-hybridized carbons (Fsp3) is 0.652. The van der Waals surface area contributed by atoms with Crippen molar-refractivity contribution in [1.29, 1.82) is 0 Å². The molecule has 1 aromatic carbocycles. The number of carbonyl (C=O) groups is 2. The Morgan fingerprint density at radius 1 is 1.13 bits per heavy atom. The van der Waals surface area contributed by atoms with Gasteiger partial charge >= 0.3 is 5.97 Å². The van der Waals surface area contributed by atoms with Gasteiger partial charge in [0.05, 0.1) is 0 Å². The van der Waals surface area contributed by atoms with Crippen LogP contribution in [0.4, 0.5) is 0 Å². The summed E-state index contributed by atoms with van der Waals surface area (Å²) in [6, 6.07) is 7.75. The minimum Gasteiger partial charge on any atom is -0.482 e. The second-order valence-corrected chi connectivity index (χ2v) is 8.81. The third-order valence-corrected chi connectivity index (χ3v) is 6.05. The van der Waals surface area contributed by atoms with Crippen molar-refractivity contribution in [2.24, 2.45) is 5.92 Å². The Kier molecular flexibility index (Phi) is 8.10. The SMILES string of the molecule is CC(C)CN(C(=O)c1ccc(OCC(=O)O)cc1)C1CCN(C2CCNCC2)CC1. The molecular formula is C23H35N3O4. The number of nitrogens with one attached hydrogen (secondary N) is 1. The number of carboxylic acid groups (broad SMARTS) is 1. The van der Waals surface area contributed by atoms with Gasteiger partial charge in [0.25, 0.3) is 5.91 Å². The molecule has 7 nitrogen and oxygen atoms in total. The molecule has 30 heavy (non-hydrogen) atoms. The van der Waals surface area contributed by atoms with E-state index in [4.69, 9.17) is 9.84 Å². The molecule has 0 atom stereocenters. The van der Waals surface area contributed by atoms with Crippen LogP contribution in [0.1, 0.15) is 49.9 Å². The summed E-state index contributed by atoms with van der Waals surface area (Å²) >= 11 is 0. The van der Waals surface area contributed by atoms with Crippen LogP contribution in [0.3, 0.4) is 0 Å². The number of piperidine rings is 2. The molecule has 1 amide bonds. The molecule has 2 saturated heterocycles. The molecule has 2 aliphatic rings. The maximum absolute atomic E-state index is 13.3. The summed E-state index contributed by atoms with van der Waals surface area (Å²) in [6.45, 7) is 8.97. The van der Waals surface area contributed by atoms with Crippen molar-refractivity contribution in [3.05, 3.63) is 29.8 Å². The van der Waals surface area contributed by atoms with E-state index in [1.54, 1.807) is 24.3 Å². The first-order valence-corrected chi connectivity index (χ1v) is 11.1. The molecule has 2 aliphatic heterocycles. The summed E-state index contributed by atoms with van der Waals surface area (Å²) in [4.78, 5) is 28.6. The first-order valence-electron chi connectivity index (χ1n) is 11.1. The topological polar surface area (TPSA) is 82.1 Å². The van der Waals surface area contributed by atoms with Gasteiger partial charge < -0.3 is 25.0 Å². The van der Waals surface area contributed by atoms with Gasteiger partial charge in [0.2, 0.25) is 0 Å². The first kappa shape index (κ1) is 22.6. The maximum Gasteiger partial charge on any atom is 0.341 e. The monoisotopic (exact) mass is 417 g/mol. The van der Waals surface area contributed by atoms with Crippen LogP contribution in [0.25, 0.3) is 0 Å². The van der Waals surface area contributed by atoms with Crippen molar-refractivity contribution in [2.45, 2.75) is 51.6 Å². The van der Waals surface area contributed by atoms with Gasteiger partial charge in [0.1, 0.15) is 5.75 Å². The highest BCUT2D eigenvalue weighted by molar-refractivity contribution is 5.94. The van der Waals surface area contributed by atoms with Gasteiger partial charge in [-0.15, -0.1) is 0 Å². The zero-order valence-electron chi connectivity index (χ0n) is 18.2. The van der Waals surface area contributed by atoms with Crippen molar-refractivity contribution in [1.82, 2.24) is 15.1 Å². The molecule has 0 spiro atoms. The van der Waals surface area contributed by atoms with Crippen molar-refractivity contribution >= 4 is 11.9 Å². The number of rotatable bonds is 8. The Morgan fingerprint density at radius 2 is 1.77 bits per heavy atom. The predicted molar refractivity (Wildman–Crippen MR) is 116 cm³/mol. The Hall–Kier alpha value is -2.12. The average Bonchev–Trinajstić information content (AvgIpc) is 2.76. The number of amides is 1. The van der Waals surface area contributed by atoms with E-state index >= 15 is 0 Å². The average molecular weight is 418 g/mol. The molecule has 3 rings (SSSR count). The normalized spacial score (nSPS) is 19.0. The highest BCUT2D eigenvalue weighted by Gasteiger charge is 2.31. The van der Waals surface area contributed by atoms with E-state index in [0.29, 0.717) is 23.3 Å². The number of benzene rings is 1. The van der Waals surface area contributed by atoms with Crippen LogP contribution in [0.5, 0.6) is 5.75 Å². The summed E-state index contributed by atoms with van der Waals surface area (Å²) < 4.78 is 5.18. The van der Waals surface area contributed by atoms with Gasteiger partial charge in [-0.3, -0.25) is 4.79 Å². The molecule has 2 heterocycles. The van der Waals surface area contributed by atoms with Crippen LogP contribution in [0, 0.1) is 5.92 Å². The van der Waals surface area contributed by atoms with Crippen LogP contribution in [-0.4, -0.2) is 78.2 Å². The number of aliphatic carboxylic acids is 1. The molecule has 0 aromatic heterocycles. The van der Waals surface area contributed by atoms with Crippen LogP contribution >= 0.6 is 0 Å². The van der Waals surface area contributed by atoms with Crippen molar-refractivity contribution in [3.8, 4) is 5.75 Å². The third kappa shape index (κ3) is 6.19. The van der Waals surface area contributed by atoms with E-state index in [0.717, 1.165) is 45.6 Å². The highest BCUT2D eigenvalue weighted by Crippen LogP contribution is 2.24. The number of hydrogen-bond acceptors (Lipinski definition) is 5. The van der Waals surface area contributed by atoms with E-state index in [9.17, 15) is 9.59 Å². The summed E-state index contributed by atoms with van der Waals surface area (Å²) in [7, 11) is 0. The van der Waals surface area contributed by atoms with Crippen molar-refractivity contribution in [2.75, 3.05) is 39.3 Å². The Bertz CT molecular complexity index is 693. The number of hydrogen-bond donors (Lipinski definition) is 2. The maximum atomic E-state index is 13.3.